The molecule has 7 nitrogen and oxygen atoms in total. The summed E-state index contributed by atoms with van der Waals surface area (Å²) in [6.07, 6.45) is 4.28. The van der Waals surface area contributed by atoms with Gasteiger partial charge in [-0.25, -0.2) is 9.78 Å². The molecule has 2 amide bonds. The highest BCUT2D eigenvalue weighted by molar-refractivity contribution is 5.73. The summed E-state index contributed by atoms with van der Waals surface area (Å²) in [7, 11) is 3.18. The van der Waals surface area contributed by atoms with Gasteiger partial charge in [-0.15, -0.1) is 0 Å². The lowest BCUT2D eigenvalue weighted by Crippen LogP contribution is -2.34. The van der Waals surface area contributed by atoms with Crippen LogP contribution in [-0.2, 0) is 13.1 Å². The Kier molecular flexibility index (Phi) is 6.35. The molecule has 0 aliphatic carbocycles. The van der Waals surface area contributed by atoms with Gasteiger partial charge in [-0.1, -0.05) is 12.1 Å². The molecule has 1 aromatic heterocycles. The zero-order chi connectivity index (χ0) is 19.1. The van der Waals surface area contributed by atoms with Gasteiger partial charge in [0.1, 0.15) is 5.82 Å². The molecular weight excluding hydrogens is 344 g/mol. The van der Waals surface area contributed by atoms with E-state index in [1.807, 2.05) is 36.5 Å². The summed E-state index contributed by atoms with van der Waals surface area (Å²) < 4.78 is 10.5. The van der Waals surface area contributed by atoms with E-state index in [9.17, 15) is 4.79 Å². The van der Waals surface area contributed by atoms with Crippen LogP contribution in [0.4, 0.5) is 10.6 Å². The van der Waals surface area contributed by atoms with Crippen LogP contribution in [0.1, 0.15) is 24.0 Å². The number of nitrogens with one attached hydrogen (secondary N) is 2. The van der Waals surface area contributed by atoms with E-state index in [2.05, 4.69) is 20.5 Å². The third kappa shape index (κ3) is 5.03. The molecule has 0 saturated carbocycles. The van der Waals surface area contributed by atoms with Crippen LogP contribution >= 0.6 is 0 Å². The van der Waals surface area contributed by atoms with Crippen molar-refractivity contribution < 1.29 is 14.3 Å². The second-order valence-corrected chi connectivity index (χ2v) is 6.44. The van der Waals surface area contributed by atoms with Gasteiger partial charge in [0.05, 0.1) is 14.2 Å². The molecule has 0 unspecified atom stereocenters. The molecule has 0 bridgehead atoms. The van der Waals surface area contributed by atoms with Crippen LogP contribution in [0.2, 0.25) is 0 Å². The van der Waals surface area contributed by atoms with E-state index in [1.54, 1.807) is 14.2 Å². The molecule has 144 valence electrons. The number of carbonyl (C=O) groups excluding carboxylic acids is 1. The first-order valence-electron chi connectivity index (χ1n) is 9.12. The zero-order valence-corrected chi connectivity index (χ0v) is 15.8. The van der Waals surface area contributed by atoms with Crippen LogP contribution in [0.15, 0.2) is 36.5 Å². The van der Waals surface area contributed by atoms with Crippen LogP contribution in [-0.4, -0.2) is 38.3 Å². The fourth-order valence-corrected chi connectivity index (χ4v) is 3.07. The first kappa shape index (κ1) is 18.8. The topological polar surface area (TPSA) is 75.7 Å². The molecule has 0 atom stereocenters. The summed E-state index contributed by atoms with van der Waals surface area (Å²) in [5.41, 5.74) is 1.90. The van der Waals surface area contributed by atoms with Gasteiger partial charge >= 0.3 is 6.03 Å². The molecule has 0 radical (unpaired) electrons. The van der Waals surface area contributed by atoms with Gasteiger partial charge in [0.2, 0.25) is 0 Å². The van der Waals surface area contributed by atoms with E-state index in [4.69, 9.17) is 9.47 Å². The standard InChI is InChI=1S/C20H26N4O3/c1-26-17-7-5-15(11-18(17)27-2)12-22-20(25)23-14-16-6-8-19(21-13-16)24-9-3-4-10-24/h5-8,11,13H,3-4,9-10,12,14H2,1-2H3,(H2,22,23,25). The minimum atomic E-state index is -0.228. The number of nitrogens with zero attached hydrogens (tertiary/aromatic N) is 2. The SMILES string of the molecule is COc1ccc(CNC(=O)NCc2ccc(N3CCCC3)nc2)cc1OC. The Hall–Kier alpha value is -2.96. The van der Waals surface area contributed by atoms with Gasteiger partial charge in [0.15, 0.2) is 11.5 Å². The Morgan fingerprint density at radius 1 is 1.00 bits per heavy atom. The van der Waals surface area contributed by atoms with Crippen molar-refractivity contribution in [1.82, 2.24) is 15.6 Å². The summed E-state index contributed by atoms with van der Waals surface area (Å²) >= 11 is 0. The van der Waals surface area contributed by atoms with Crippen molar-refractivity contribution >= 4 is 11.8 Å². The van der Waals surface area contributed by atoms with E-state index >= 15 is 0 Å². The number of ether oxygens (including phenoxy) is 2. The lowest BCUT2D eigenvalue weighted by Gasteiger charge is -2.16. The Morgan fingerprint density at radius 2 is 1.67 bits per heavy atom. The molecule has 2 N–H and O–H groups in total. The summed E-state index contributed by atoms with van der Waals surface area (Å²) in [5, 5.41) is 5.69. The Balaban J connectivity index is 1.45. The predicted octanol–water partition coefficient (Wildman–Crippen LogP) is 2.70. The van der Waals surface area contributed by atoms with E-state index in [-0.39, 0.29) is 6.03 Å². The highest BCUT2D eigenvalue weighted by atomic mass is 16.5. The second-order valence-electron chi connectivity index (χ2n) is 6.44. The van der Waals surface area contributed by atoms with Crippen LogP contribution < -0.4 is 25.0 Å². The van der Waals surface area contributed by atoms with Gasteiger partial charge in [-0.3, -0.25) is 0 Å². The van der Waals surface area contributed by atoms with Crippen molar-refractivity contribution in [3.8, 4) is 11.5 Å². The number of rotatable bonds is 7. The van der Waals surface area contributed by atoms with Crippen molar-refractivity contribution in [3.63, 3.8) is 0 Å². The van der Waals surface area contributed by atoms with Gasteiger partial charge in [-0.05, 0) is 42.2 Å². The summed E-state index contributed by atoms with van der Waals surface area (Å²) in [6, 6.07) is 9.36. The predicted molar refractivity (Wildman–Crippen MR) is 104 cm³/mol. The van der Waals surface area contributed by atoms with Crippen LogP contribution in [0.5, 0.6) is 11.5 Å². The van der Waals surface area contributed by atoms with Crippen LogP contribution in [0, 0.1) is 0 Å². The average Bonchev–Trinajstić information content (AvgIpc) is 3.25. The molecule has 1 saturated heterocycles. The Bertz CT molecular complexity index is 758. The average molecular weight is 370 g/mol. The maximum atomic E-state index is 12.0. The summed E-state index contributed by atoms with van der Waals surface area (Å²) in [6.45, 7) is 2.98. The number of anilines is 1. The van der Waals surface area contributed by atoms with Crippen molar-refractivity contribution in [2.24, 2.45) is 0 Å². The molecule has 2 aromatic rings. The Labute approximate surface area is 159 Å². The van der Waals surface area contributed by atoms with E-state index in [0.717, 1.165) is 30.0 Å². The molecule has 1 aromatic carbocycles. The van der Waals surface area contributed by atoms with E-state index in [1.165, 1.54) is 12.8 Å². The number of hydrogen-bond acceptors (Lipinski definition) is 5. The summed E-state index contributed by atoms with van der Waals surface area (Å²) in [4.78, 5) is 18.8. The zero-order valence-electron chi connectivity index (χ0n) is 15.8. The fraction of sp³-hybridized carbons (Fsp3) is 0.400. The van der Waals surface area contributed by atoms with Gasteiger partial charge in [0.25, 0.3) is 0 Å². The highest BCUT2D eigenvalue weighted by Crippen LogP contribution is 2.27. The smallest absolute Gasteiger partial charge is 0.315 e. The van der Waals surface area contributed by atoms with E-state index < -0.39 is 0 Å². The molecule has 1 fully saturated rings. The maximum Gasteiger partial charge on any atom is 0.315 e. The molecule has 3 rings (SSSR count). The monoisotopic (exact) mass is 370 g/mol. The molecule has 2 heterocycles. The van der Waals surface area contributed by atoms with Crippen molar-refractivity contribution in [2.75, 3.05) is 32.2 Å². The van der Waals surface area contributed by atoms with Crippen molar-refractivity contribution in [2.45, 2.75) is 25.9 Å². The number of amides is 2. The van der Waals surface area contributed by atoms with Gasteiger partial charge in [-0.2, -0.15) is 0 Å². The third-order valence-corrected chi connectivity index (χ3v) is 4.59. The number of carbonyl (C=O) groups is 1. The minimum absolute atomic E-state index is 0.228. The largest absolute Gasteiger partial charge is 0.493 e. The lowest BCUT2D eigenvalue weighted by molar-refractivity contribution is 0.240. The van der Waals surface area contributed by atoms with Gasteiger partial charge in [0, 0.05) is 32.4 Å². The number of methoxy groups -OCH3 is 2. The number of hydrogen-bond donors (Lipinski definition) is 2. The normalized spacial score (nSPS) is 13.3. The number of urea groups is 1. The van der Waals surface area contributed by atoms with Crippen LogP contribution in [0.25, 0.3) is 0 Å². The number of benzene rings is 1. The van der Waals surface area contributed by atoms with E-state index in [0.29, 0.717) is 24.6 Å². The van der Waals surface area contributed by atoms with Crippen molar-refractivity contribution in [1.29, 1.82) is 0 Å². The molecular formula is C20H26N4O3. The summed E-state index contributed by atoms with van der Waals surface area (Å²) in [5.74, 6) is 2.31. The molecule has 27 heavy (non-hydrogen) atoms. The first-order chi connectivity index (χ1) is 13.2. The first-order valence-corrected chi connectivity index (χ1v) is 9.12. The second kappa shape index (κ2) is 9.12. The van der Waals surface area contributed by atoms with Crippen LogP contribution in [0.3, 0.4) is 0 Å². The number of pyridine rings is 1. The molecule has 1 aliphatic rings. The third-order valence-electron chi connectivity index (χ3n) is 4.59. The minimum Gasteiger partial charge on any atom is -0.493 e. The molecule has 1 aliphatic heterocycles. The number of aromatic nitrogens is 1. The highest BCUT2D eigenvalue weighted by Gasteiger charge is 2.13. The quantitative estimate of drug-likeness (QED) is 0.784. The van der Waals surface area contributed by atoms with Gasteiger partial charge < -0.3 is 25.0 Å². The van der Waals surface area contributed by atoms with Crippen molar-refractivity contribution in [3.05, 3.63) is 47.7 Å². The fourth-order valence-electron chi connectivity index (χ4n) is 3.07. The lowest BCUT2D eigenvalue weighted by atomic mass is 10.2. The Morgan fingerprint density at radius 3 is 2.30 bits per heavy atom. The molecule has 7 heteroatoms. The molecule has 0 spiro atoms. The maximum absolute atomic E-state index is 12.0.